The summed E-state index contributed by atoms with van der Waals surface area (Å²) in [6.07, 6.45) is 2.82. The number of anilines is 1. The second-order valence-corrected chi connectivity index (χ2v) is 5.95. The third-order valence-corrected chi connectivity index (χ3v) is 4.25. The van der Waals surface area contributed by atoms with Crippen LogP contribution < -0.4 is 10.9 Å². The quantitative estimate of drug-likeness (QED) is 0.802. The van der Waals surface area contributed by atoms with Gasteiger partial charge in [-0.3, -0.25) is 9.78 Å². The molecule has 22 heavy (non-hydrogen) atoms. The smallest absolute Gasteiger partial charge is 0.271 e. The van der Waals surface area contributed by atoms with Crippen LogP contribution in [0.3, 0.4) is 0 Å². The van der Waals surface area contributed by atoms with Gasteiger partial charge in [0.05, 0.1) is 17.8 Å². The SMILES string of the molecule is Cc1nc(NC(c2ccccn2)C2CC(O)C2)c(Cl)c(=O)[nH]1. The standard InChI is InChI=1S/C15H17ClN4O2/c1-8-18-14(12(16)15(22)19-8)20-13(9-6-10(21)7-9)11-4-2-3-5-17-11/h2-5,9-10,13,21H,6-7H2,1H3,(H2,18,19,20,22). The molecule has 0 aliphatic heterocycles. The molecule has 3 rings (SSSR count). The summed E-state index contributed by atoms with van der Waals surface area (Å²) in [4.78, 5) is 23.0. The molecule has 1 aliphatic rings. The molecule has 0 amide bonds. The first kappa shape index (κ1) is 15.0. The summed E-state index contributed by atoms with van der Waals surface area (Å²) in [5.74, 6) is 1.06. The Balaban J connectivity index is 1.92. The van der Waals surface area contributed by atoms with E-state index < -0.39 is 0 Å². The van der Waals surface area contributed by atoms with Crippen molar-refractivity contribution < 1.29 is 5.11 Å². The number of aliphatic hydroxyl groups excluding tert-OH is 1. The molecule has 1 unspecified atom stereocenters. The van der Waals surface area contributed by atoms with Gasteiger partial charge in [0, 0.05) is 6.20 Å². The van der Waals surface area contributed by atoms with Gasteiger partial charge in [0.25, 0.3) is 5.56 Å². The van der Waals surface area contributed by atoms with E-state index in [9.17, 15) is 9.90 Å². The molecule has 0 aromatic carbocycles. The van der Waals surface area contributed by atoms with E-state index in [1.165, 1.54) is 0 Å². The van der Waals surface area contributed by atoms with Gasteiger partial charge in [-0.15, -0.1) is 0 Å². The topological polar surface area (TPSA) is 90.9 Å². The van der Waals surface area contributed by atoms with E-state index in [0.29, 0.717) is 24.5 Å². The third-order valence-electron chi connectivity index (χ3n) is 3.90. The molecule has 1 fully saturated rings. The van der Waals surface area contributed by atoms with E-state index in [4.69, 9.17) is 11.6 Å². The molecule has 0 bridgehead atoms. The van der Waals surface area contributed by atoms with Crippen molar-refractivity contribution in [2.45, 2.75) is 31.9 Å². The first-order valence-electron chi connectivity index (χ1n) is 7.16. The highest BCUT2D eigenvalue weighted by molar-refractivity contribution is 6.32. The summed E-state index contributed by atoms with van der Waals surface area (Å²) in [5, 5.41) is 12.8. The number of nitrogens with zero attached hydrogens (tertiary/aromatic N) is 2. The Labute approximate surface area is 132 Å². The maximum absolute atomic E-state index is 11.8. The summed E-state index contributed by atoms with van der Waals surface area (Å²) in [6, 6.07) is 5.52. The molecule has 1 aliphatic carbocycles. The van der Waals surface area contributed by atoms with Crippen molar-refractivity contribution in [1.82, 2.24) is 15.0 Å². The number of aliphatic hydroxyl groups is 1. The Kier molecular flexibility index (Phi) is 4.13. The second kappa shape index (κ2) is 6.06. The van der Waals surface area contributed by atoms with Gasteiger partial charge in [-0.05, 0) is 37.8 Å². The van der Waals surface area contributed by atoms with E-state index in [1.807, 2.05) is 18.2 Å². The lowest BCUT2D eigenvalue weighted by atomic mass is 9.76. The maximum Gasteiger partial charge on any atom is 0.271 e. The highest BCUT2D eigenvalue weighted by Gasteiger charge is 2.36. The number of pyridine rings is 1. The molecule has 6 nitrogen and oxygen atoms in total. The molecule has 2 aromatic heterocycles. The van der Waals surface area contributed by atoms with Gasteiger partial charge in [0.2, 0.25) is 0 Å². The van der Waals surface area contributed by atoms with Crippen LogP contribution in [-0.2, 0) is 0 Å². The van der Waals surface area contributed by atoms with Gasteiger partial charge >= 0.3 is 0 Å². The number of hydrogen-bond donors (Lipinski definition) is 3. The molecule has 0 saturated heterocycles. The fraction of sp³-hybridized carbons (Fsp3) is 0.400. The third kappa shape index (κ3) is 2.98. The van der Waals surface area contributed by atoms with Gasteiger partial charge in [0.15, 0.2) is 5.82 Å². The number of H-pyrrole nitrogens is 1. The van der Waals surface area contributed by atoms with Crippen molar-refractivity contribution in [1.29, 1.82) is 0 Å². The lowest BCUT2D eigenvalue weighted by molar-refractivity contribution is 0.0334. The predicted octanol–water partition coefficient (Wildman–Crippen LogP) is 2.05. The number of rotatable bonds is 4. The summed E-state index contributed by atoms with van der Waals surface area (Å²) in [6.45, 7) is 1.70. The number of aryl methyl sites for hydroxylation is 1. The Hall–Kier alpha value is -1.92. The van der Waals surface area contributed by atoms with Gasteiger partial charge < -0.3 is 15.4 Å². The first-order valence-corrected chi connectivity index (χ1v) is 7.54. The van der Waals surface area contributed by atoms with E-state index >= 15 is 0 Å². The number of aromatic amines is 1. The molecule has 2 heterocycles. The van der Waals surface area contributed by atoms with Crippen molar-refractivity contribution in [2.75, 3.05) is 5.32 Å². The van der Waals surface area contributed by atoms with Gasteiger partial charge in [-0.2, -0.15) is 0 Å². The predicted molar refractivity (Wildman–Crippen MR) is 83.9 cm³/mol. The zero-order chi connectivity index (χ0) is 15.7. The fourth-order valence-electron chi connectivity index (χ4n) is 2.71. The maximum atomic E-state index is 11.8. The minimum Gasteiger partial charge on any atom is -0.393 e. The highest BCUT2D eigenvalue weighted by Crippen LogP contribution is 2.39. The lowest BCUT2D eigenvalue weighted by Crippen LogP contribution is -2.36. The molecule has 3 N–H and O–H groups in total. The lowest BCUT2D eigenvalue weighted by Gasteiger charge is -2.38. The zero-order valence-corrected chi connectivity index (χ0v) is 12.8. The molecular formula is C15H17ClN4O2. The number of nitrogens with one attached hydrogen (secondary N) is 2. The molecule has 7 heteroatoms. The molecule has 0 radical (unpaired) electrons. The Morgan fingerprint density at radius 1 is 1.45 bits per heavy atom. The largest absolute Gasteiger partial charge is 0.393 e. The van der Waals surface area contributed by atoms with Gasteiger partial charge in [0.1, 0.15) is 10.8 Å². The summed E-state index contributed by atoms with van der Waals surface area (Å²) in [7, 11) is 0. The number of aromatic nitrogens is 3. The van der Waals surface area contributed by atoms with Crippen molar-refractivity contribution in [3.05, 3.63) is 51.3 Å². The Bertz CT molecular complexity index is 713. The van der Waals surface area contributed by atoms with E-state index in [0.717, 1.165) is 5.69 Å². The Morgan fingerprint density at radius 3 is 2.86 bits per heavy atom. The van der Waals surface area contributed by atoms with Crippen LogP contribution in [0.25, 0.3) is 0 Å². The molecule has 1 saturated carbocycles. The molecule has 116 valence electrons. The minimum atomic E-state index is -0.370. The van der Waals surface area contributed by atoms with Crippen LogP contribution in [0.15, 0.2) is 29.2 Å². The monoisotopic (exact) mass is 320 g/mol. The normalized spacial score (nSPS) is 22.0. The molecular weight excluding hydrogens is 304 g/mol. The summed E-state index contributed by atoms with van der Waals surface area (Å²) >= 11 is 6.05. The van der Waals surface area contributed by atoms with Crippen molar-refractivity contribution >= 4 is 17.4 Å². The van der Waals surface area contributed by atoms with Crippen molar-refractivity contribution in [3.63, 3.8) is 0 Å². The summed E-state index contributed by atoms with van der Waals surface area (Å²) in [5.41, 5.74) is 0.472. The van der Waals surface area contributed by atoms with E-state index in [-0.39, 0.29) is 28.6 Å². The van der Waals surface area contributed by atoms with Crippen molar-refractivity contribution in [2.24, 2.45) is 5.92 Å². The highest BCUT2D eigenvalue weighted by atomic mass is 35.5. The first-order chi connectivity index (χ1) is 10.5. The van der Waals surface area contributed by atoms with Crippen molar-refractivity contribution in [3.8, 4) is 0 Å². The molecule has 1 atom stereocenters. The molecule has 0 spiro atoms. The van der Waals surface area contributed by atoms with Crippen LogP contribution in [0, 0.1) is 12.8 Å². The molecule has 2 aromatic rings. The summed E-state index contributed by atoms with van der Waals surface area (Å²) < 4.78 is 0. The Morgan fingerprint density at radius 2 is 2.23 bits per heavy atom. The van der Waals surface area contributed by atoms with Gasteiger partial charge in [-0.1, -0.05) is 17.7 Å². The average Bonchev–Trinajstić information content (AvgIpc) is 2.47. The van der Waals surface area contributed by atoms with Crippen LogP contribution in [0.1, 0.15) is 30.4 Å². The van der Waals surface area contributed by atoms with Crippen LogP contribution in [0.2, 0.25) is 5.02 Å². The second-order valence-electron chi connectivity index (χ2n) is 5.58. The minimum absolute atomic E-state index is 0.0337. The van der Waals surface area contributed by atoms with Crippen LogP contribution in [0.4, 0.5) is 5.82 Å². The fourth-order valence-corrected chi connectivity index (χ4v) is 2.85. The van der Waals surface area contributed by atoms with Gasteiger partial charge in [-0.25, -0.2) is 4.98 Å². The number of hydrogen-bond acceptors (Lipinski definition) is 5. The van der Waals surface area contributed by atoms with Crippen LogP contribution in [0.5, 0.6) is 0 Å². The average molecular weight is 321 g/mol. The van der Waals surface area contributed by atoms with Crippen LogP contribution in [-0.4, -0.2) is 26.2 Å². The van der Waals surface area contributed by atoms with Crippen LogP contribution >= 0.6 is 11.6 Å². The number of halogens is 1. The van der Waals surface area contributed by atoms with E-state index in [1.54, 1.807) is 13.1 Å². The zero-order valence-electron chi connectivity index (χ0n) is 12.1. The van der Waals surface area contributed by atoms with E-state index in [2.05, 4.69) is 20.3 Å².